The van der Waals surface area contributed by atoms with Crippen LogP contribution in [0.15, 0.2) is 11.0 Å². The Labute approximate surface area is 111 Å². The minimum Gasteiger partial charge on any atom is -0.312 e. The Morgan fingerprint density at radius 1 is 1.47 bits per heavy atom. The van der Waals surface area contributed by atoms with Gasteiger partial charge in [-0.05, 0) is 13.3 Å². The first-order valence-corrected chi connectivity index (χ1v) is 6.62. The second kappa shape index (κ2) is 5.92. The summed E-state index contributed by atoms with van der Waals surface area (Å²) in [7, 11) is 1.74. The van der Waals surface area contributed by atoms with Gasteiger partial charge in [0.05, 0.1) is 12.7 Å². The fourth-order valence-electron chi connectivity index (χ4n) is 2.07. The van der Waals surface area contributed by atoms with E-state index in [9.17, 15) is 4.79 Å². The minimum absolute atomic E-state index is 0.136. The lowest BCUT2D eigenvalue weighted by atomic mass is 10.2. The third-order valence-electron chi connectivity index (χ3n) is 3.16. The van der Waals surface area contributed by atoms with Gasteiger partial charge < -0.3 is 5.32 Å². The van der Waals surface area contributed by atoms with Gasteiger partial charge in [-0.1, -0.05) is 18.6 Å². The van der Waals surface area contributed by atoms with Crippen molar-refractivity contribution >= 4 is 11.0 Å². The van der Waals surface area contributed by atoms with Crippen molar-refractivity contribution in [2.24, 2.45) is 7.05 Å². The number of aryl methyl sites for hydroxylation is 1. The van der Waals surface area contributed by atoms with Crippen molar-refractivity contribution in [3.63, 3.8) is 0 Å². The molecule has 1 N–H and O–H groups in total. The maximum absolute atomic E-state index is 12.1. The van der Waals surface area contributed by atoms with Crippen LogP contribution < -0.4 is 10.9 Å². The largest absolute Gasteiger partial charge is 0.312 e. The molecule has 2 aromatic rings. The molecule has 7 heteroatoms. The molecule has 2 rings (SSSR count). The van der Waals surface area contributed by atoms with E-state index in [-0.39, 0.29) is 5.56 Å². The Balaban J connectivity index is 2.05. The first kappa shape index (κ1) is 13.7. The van der Waals surface area contributed by atoms with Gasteiger partial charge in [0.2, 0.25) is 0 Å². The van der Waals surface area contributed by atoms with Gasteiger partial charge in [0, 0.05) is 19.6 Å². The van der Waals surface area contributed by atoms with E-state index in [1.54, 1.807) is 11.7 Å². The highest BCUT2D eigenvalue weighted by atomic mass is 16.1. The summed E-state index contributed by atoms with van der Waals surface area (Å²) in [5.41, 5.74) is 0.386. The topological polar surface area (TPSA) is 77.6 Å². The third kappa shape index (κ3) is 2.98. The summed E-state index contributed by atoms with van der Waals surface area (Å²) in [5, 5.41) is 15.8. The van der Waals surface area contributed by atoms with E-state index in [1.165, 1.54) is 10.9 Å². The van der Waals surface area contributed by atoms with Crippen LogP contribution in [-0.2, 0) is 13.6 Å². The van der Waals surface area contributed by atoms with Crippen LogP contribution in [0.5, 0.6) is 0 Å². The number of hydrogen-bond donors (Lipinski definition) is 1. The van der Waals surface area contributed by atoms with Crippen LogP contribution in [0.1, 0.15) is 26.7 Å². The number of nitrogens with zero attached hydrogens (tertiary/aromatic N) is 5. The van der Waals surface area contributed by atoms with Gasteiger partial charge in [-0.3, -0.25) is 4.79 Å². The van der Waals surface area contributed by atoms with Crippen LogP contribution >= 0.6 is 0 Å². The fraction of sp³-hybridized carbons (Fsp3) is 0.667. The molecule has 0 spiro atoms. The molecule has 0 aliphatic rings. The lowest BCUT2D eigenvalue weighted by molar-refractivity contribution is 0.456. The molecule has 2 aromatic heterocycles. The Morgan fingerprint density at radius 2 is 2.26 bits per heavy atom. The molecule has 7 nitrogen and oxygen atoms in total. The molecule has 0 aliphatic carbocycles. The van der Waals surface area contributed by atoms with Gasteiger partial charge in [0.1, 0.15) is 5.39 Å². The van der Waals surface area contributed by atoms with Crippen molar-refractivity contribution in [1.82, 2.24) is 30.1 Å². The summed E-state index contributed by atoms with van der Waals surface area (Å²) in [4.78, 5) is 12.1. The Kier molecular flexibility index (Phi) is 4.26. The molecular weight excluding hydrogens is 244 g/mol. The average Bonchev–Trinajstić information content (AvgIpc) is 2.75. The van der Waals surface area contributed by atoms with Crippen molar-refractivity contribution < 1.29 is 0 Å². The Hall–Kier alpha value is -1.76. The van der Waals surface area contributed by atoms with Gasteiger partial charge in [0.25, 0.3) is 5.56 Å². The van der Waals surface area contributed by atoms with Gasteiger partial charge in [-0.25, -0.2) is 9.36 Å². The quantitative estimate of drug-likeness (QED) is 0.812. The molecule has 1 unspecified atom stereocenters. The second-order valence-electron chi connectivity index (χ2n) is 4.77. The van der Waals surface area contributed by atoms with E-state index in [1.807, 2.05) is 0 Å². The summed E-state index contributed by atoms with van der Waals surface area (Å²) in [6.45, 7) is 5.53. The highest BCUT2D eigenvalue weighted by Gasteiger charge is 2.09. The first-order chi connectivity index (χ1) is 9.13. The summed E-state index contributed by atoms with van der Waals surface area (Å²) in [6.07, 6.45) is 3.81. The van der Waals surface area contributed by atoms with E-state index in [0.717, 1.165) is 12.8 Å². The molecule has 19 heavy (non-hydrogen) atoms. The maximum atomic E-state index is 12.1. The predicted octanol–water partition coefficient (Wildman–Crippen LogP) is 0.303. The van der Waals surface area contributed by atoms with Crippen molar-refractivity contribution in [2.45, 2.75) is 39.3 Å². The number of fused-ring (bicyclic) bond motifs is 1. The normalized spacial score (nSPS) is 13.0. The zero-order valence-electron chi connectivity index (χ0n) is 11.6. The molecule has 0 saturated carbocycles. The maximum Gasteiger partial charge on any atom is 0.280 e. The zero-order chi connectivity index (χ0) is 13.8. The molecule has 0 radical (unpaired) electrons. The fourth-order valence-corrected chi connectivity index (χ4v) is 2.07. The molecule has 0 bridgehead atoms. The van der Waals surface area contributed by atoms with Crippen molar-refractivity contribution in [2.75, 3.05) is 6.54 Å². The van der Waals surface area contributed by atoms with Gasteiger partial charge in [-0.15, -0.1) is 5.10 Å². The SMILES string of the molecule is CCCC(C)NCCn1nnc2c(cnn2C)c1=O. The van der Waals surface area contributed by atoms with Crippen LogP contribution in [0, 0.1) is 0 Å². The lowest BCUT2D eigenvalue weighted by Crippen LogP contribution is -2.33. The highest BCUT2D eigenvalue weighted by Crippen LogP contribution is 2.01. The number of rotatable bonds is 6. The van der Waals surface area contributed by atoms with E-state index >= 15 is 0 Å². The summed E-state index contributed by atoms with van der Waals surface area (Å²) < 4.78 is 2.94. The first-order valence-electron chi connectivity index (χ1n) is 6.62. The average molecular weight is 264 g/mol. The summed E-state index contributed by atoms with van der Waals surface area (Å²) >= 11 is 0. The third-order valence-corrected chi connectivity index (χ3v) is 3.16. The molecule has 0 aliphatic heterocycles. The van der Waals surface area contributed by atoms with E-state index in [0.29, 0.717) is 30.2 Å². The standard InChI is InChI=1S/C12H20N6O/c1-4-5-9(2)13-6-7-18-12(19)10-8-14-17(3)11(10)15-16-18/h8-9,13H,4-7H2,1-3H3. The van der Waals surface area contributed by atoms with E-state index < -0.39 is 0 Å². The zero-order valence-corrected chi connectivity index (χ0v) is 11.6. The number of nitrogens with one attached hydrogen (secondary N) is 1. The van der Waals surface area contributed by atoms with Crippen LogP contribution in [0.25, 0.3) is 11.0 Å². The molecule has 0 fully saturated rings. The van der Waals surface area contributed by atoms with Gasteiger partial charge in [-0.2, -0.15) is 5.10 Å². The van der Waals surface area contributed by atoms with E-state index in [2.05, 4.69) is 34.6 Å². The summed E-state index contributed by atoms with van der Waals surface area (Å²) in [5.74, 6) is 0. The highest BCUT2D eigenvalue weighted by molar-refractivity contribution is 5.72. The van der Waals surface area contributed by atoms with Crippen LogP contribution in [0.4, 0.5) is 0 Å². The predicted molar refractivity (Wildman–Crippen MR) is 72.9 cm³/mol. The van der Waals surface area contributed by atoms with Crippen molar-refractivity contribution in [1.29, 1.82) is 0 Å². The molecular formula is C12H20N6O. The van der Waals surface area contributed by atoms with E-state index in [4.69, 9.17) is 0 Å². The molecule has 104 valence electrons. The summed E-state index contributed by atoms with van der Waals surface area (Å²) in [6, 6.07) is 0.454. The van der Waals surface area contributed by atoms with Gasteiger partial charge in [0.15, 0.2) is 5.65 Å². The van der Waals surface area contributed by atoms with Crippen LogP contribution in [0.2, 0.25) is 0 Å². The lowest BCUT2D eigenvalue weighted by Gasteiger charge is -2.12. The van der Waals surface area contributed by atoms with Crippen molar-refractivity contribution in [3.05, 3.63) is 16.6 Å². The molecule has 0 amide bonds. The van der Waals surface area contributed by atoms with Crippen LogP contribution in [0.3, 0.4) is 0 Å². The number of hydrogen-bond acceptors (Lipinski definition) is 5. The molecule has 0 aromatic carbocycles. The molecule has 2 heterocycles. The Bertz CT molecular complexity index is 602. The smallest absolute Gasteiger partial charge is 0.280 e. The van der Waals surface area contributed by atoms with Crippen molar-refractivity contribution in [3.8, 4) is 0 Å². The Morgan fingerprint density at radius 3 is 3.00 bits per heavy atom. The molecule has 1 atom stereocenters. The van der Waals surface area contributed by atoms with Crippen LogP contribution in [-0.4, -0.2) is 37.4 Å². The monoisotopic (exact) mass is 264 g/mol. The van der Waals surface area contributed by atoms with Gasteiger partial charge >= 0.3 is 0 Å². The number of aromatic nitrogens is 5. The minimum atomic E-state index is -0.136. The second-order valence-corrected chi connectivity index (χ2v) is 4.77. The molecule has 0 saturated heterocycles.